The van der Waals surface area contributed by atoms with Crippen molar-refractivity contribution in [3.8, 4) is 0 Å². The summed E-state index contributed by atoms with van der Waals surface area (Å²) < 4.78 is 4.92. The van der Waals surface area contributed by atoms with Crippen molar-refractivity contribution in [1.29, 1.82) is 0 Å². The zero-order valence-corrected chi connectivity index (χ0v) is 13.2. The van der Waals surface area contributed by atoms with Gasteiger partial charge in [-0.15, -0.1) is 0 Å². The van der Waals surface area contributed by atoms with Gasteiger partial charge in [0.25, 0.3) is 0 Å². The van der Waals surface area contributed by atoms with Gasteiger partial charge >= 0.3 is 5.97 Å². The molecule has 0 aliphatic carbocycles. The maximum absolute atomic E-state index is 12.2. The second kappa shape index (κ2) is 8.33. The van der Waals surface area contributed by atoms with Crippen LogP contribution in [0.15, 0.2) is 30.5 Å². The van der Waals surface area contributed by atoms with E-state index in [9.17, 15) is 9.59 Å². The fraction of sp³-hybridized carbons (Fsp3) is 0.412. The Kier molecular flexibility index (Phi) is 6.17. The molecule has 2 aromatic rings. The molecule has 1 aromatic heterocycles. The number of carboxylic acids is 1. The molecule has 6 nitrogen and oxygen atoms in total. The van der Waals surface area contributed by atoms with E-state index in [1.165, 1.54) is 23.0 Å². The van der Waals surface area contributed by atoms with Gasteiger partial charge in [-0.25, -0.2) is 0 Å². The number of para-hydroxylation sites is 1. The highest BCUT2D eigenvalue weighted by molar-refractivity contribution is 5.83. The summed E-state index contributed by atoms with van der Waals surface area (Å²) >= 11 is 0. The molecule has 0 aliphatic heterocycles. The van der Waals surface area contributed by atoms with Crippen molar-refractivity contribution in [2.75, 3.05) is 26.8 Å². The van der Waals surface area contributed by atoms with Crippen LogP contribution in [-0.2, 0) is 20.7 Å². The van der Waals surface area contributed by atoms with E-state index in [1.54, 1.807) is 0 Å². The summed E-state index contributed by atoms with van der Waals surface area (Å²) in [6.45, 7) is 0.353. The first-order chi connectivity index (χ1) is 11.1. The maximum atomic E-state index is 12.2. The topological polar surface area (TPSA) is 82.6 Å². The Hall–Kier alpha value is -2.34. The van der Waals surface area contributed by atoms with Gasteiger partial charge in [0.05, 0.1) is 6.61 Å². The number of hydrogen-bond donors (Lipinski definition) is 2. The highest BCUT2D eigenvalue weighted by Crippen LogP contribution is 2.19. The van der Waals surface area contributed by atoms with Crippen LogP contribution in [0, 0.1) is 0 Å². The number of benzene rings is 1. The molecule has 0 fully saturated rings. The number of nitrogens with zero attached hydrogens (tertiary/aromatic N) is 1. The quantitative estimate of drug-likeness (QED) is 0.741. The minimum absolute atomic E-state index is 0.149. The fourth-order valence-electron chi connectivity index (χ4n) is 2.58. The molecule has 2 rings (SSSR count). The third-order valence-corrected chi connectivity index (χ3v) is 3.76. The molecule has 0 unspecified atom stereocenters. The fourth-order valence-corrected chi connectivity index (χ4v) is 2.58. The van der Waals surface area contributed by atoms with Gasteiger partial charge in [-0.05, 0) is 24.5 Å². The van der Waals surface area contributed by atoms with Crippen LogP contribution in [0.4, 0.5) is 0 Å². The first kappa shape index (κ1) is 17.0. The summed E-state index contributed by atoms with van der Waals surface area (Å²) in [6.07, 6.45) is 3.76. The van der Waals surface area contributed by atoms with E-state index in [0.29, 0.717) is 26.0 Å². The summed E-state index contributed by atoms with van der Waals surface area (Å²) in [5.74, 6) is -1.16. The van der Waals surface area contributed by atoms with E-state index in [1.807, 2.05) is 24.4 Å². The Morgan fingerprint density at radius 1 is 1.30 bits per heavy atom. The van der Waals surface area contributed by atoms with Crippen LogP contribution in [0.2, 0.25) is 0 Å². The third kappa shape index (κ3) is 4.82. The van der Waals surface area contributed by atoms with Gasteiger partial charge in [0.2, 0.25) is 5.91 Å². The van der Waals surface area contributed by atoms with E-state index >= 15 is 0 Å². The molecule has 6 heteroatoms. The SMILES string of the molecule is COCCN(CC(=O)O)C(=O)CCCc1c[nH]c2ccccc12. The zero-order valence-electron chi connectivity index (χ0n) is 13.2. The second-order valence-corrected chi connectivity index (χ2v) is 5.41. The molecule has 1 amide bonds. The third-order valence-electron chi connectivity index (χ3n) is 3.76. The van der Waals surface area contributed by atoms with Crippen molar-refractivity contribution in [2.24, 2.45) is 0 Å². The summed E-state index contributed by atoms with van der Waals surface area (Å²) in [6, 6.07) is 8.04. The van der Waals surface area contributed by atoms with Gasteiger partial charge in [-0.1, -0.05) is 18.2 Å². The number of aryl methyl sites for hydroxylation is 1. The zero-order chi connectivity index (χ0) is 16.7. The van der Waals surface area contributed by atoms with Crippen molar-refractivity contribution in [3.63, 3.8) is 0 Å². The number of hydrogen-bond acceptors (Lipinski definition) is 3. The highest BCUT2D eigenvalue weighted by atomic mass is 16.5. The molecular formula is C17H22N2O4. The van der Waals surface area contributed by atoms with E-state index in [-0.39, 0.29) is 12.5 Å². The molecule has 0 atom stereocenters. The van der Waals surface area contributed by atoms with E-state index in [2.05, 4.69) is 11.1 Å². The number of H-pyrrole nitrogens is 1. The summed E-state index contributed by atoms with van der Waals surface area (Å²) in [4.78, 5) is 27.6. The number of carbonyl (C=O) groups excluding carboxylic acids is 1. The Bertz CT molecular complexity index is 665. The van der Waals surface area contributed by atoms with Crippen LogP contribution < -0.4 is 0 Å². The van der Waals surface area contributed by atoms with Gasteiger partial charge in [0.1, 0.15) is 6.54 Å². The Morgan fingerprint density at radius 2 is 2.09 bits per heavy atom. The van der Waals surface area contributed by atoms with Gasteiger partial charge < -0.3 is 19.7 Å². The number of carbonyl (C=O) groups is 2. The normalized spacial score (nSPS) is 10.8. The van der Waals surface area contributed by atoms with Crippen LogP contribution in [0.5, 0.6) is 0 Å². The second-order valence-electron chi connectivity index (χ2n) is 5.41. The number of methoxy groups -OCH3 is 1. The summed E-state index contributed by atoms with van der Waals surface area (Å²) in [5, 5.41) is 10.1. The molecular weight excluding hydrogens is 296 g/mol. The molecule has 23 heavy (non-hydrogen) atoms. The first-order valence-electron chi connectivity index (χ1n) is 7.65. The lowest BCUT2D eigenvalue weighted by Gasteiger charge is -2.20. The van der Waals surface area contributed by atoms with Crippen molar-refractivity contribution >= 4 is 22.8 Å². The minimum atomic E-state index is -1.01. The summed E-state index contributed by atoms with van der Waals surface area (Å²) in [5.41, 5.74) is 2.26. The van der Waals surface area contributed by atoms with E-state index in [0.717, 1.165) is 11.9 Å². The molecule has 0 saturated heterocycles. The monoisotopic (exact) mass is 318 g/mol. The number of carboxylic acid groups (broad SMARTS) is 1. The van der Waals surface area contributed by atoms with Crippen molar-refractivity contribution < 1.29 is 19.4 Å². The Balaban J connectivity index is 1.88. The van der Waals surface area contributed by atoms with Crippen LogP contribution in [0.25, 0.3) is 10.9 Å². The number of fused-ring (bicyclic) bond motifs is 1. The predicted molar refractivity (Wildman–Crippen MR) is 87.3 cm³/mol. The largest absolute Gasteiger partial charge is 0.480 e. The molecule has 1 aromatic carbocycles. The van der Waals surface area contributed by atoms with Crippen LogP contribution in [-0.4, -0.2) is 53.7 Å². The minimum Gasteiger partial charge on any atom is -0.480 e. The van der Waals surface area contributed by atoms with Gasteiger partial charge in [0, 0.05) is 37.2 Å². The number of aliphatic carboxylic acids is 1. The predicted octanol–water partition coefficient (Wildman–Crippen LogP) is 2.05. The van der Waals surface area contributed by atoms with E-state index in [4.69, 9.17) is 9.84 Å². The number of aromatic amines is 1. The molecule has 0 aliphatic rings. The molecule has 2 N–H and O–H groups in total. The van der Waals surface area contributed by atoms with Crippen LogP contribution in [0.1, 0.15) is 18.4 Å². The molecule has 0 bridgehead atoms. The van der Waals surface area contributed by atoms with Gasteiger partial charge in [-0.2, -0.15) is 0 Å². The lowest BCUT2D eigenvalue weighted by atomic mass is 10.1. The van der Waals surface area contributed by atoms with Crippen LogP contribution >= 0.6 is 0 Å². The number of amides is 1. The molecule has 1 heterocycles. The Labute approximate surface area is 135 Å². The van der Waals surface area contributed by atoms with Crippen LogP contribution in [0.3, 0.4) is 0 Å². The van der Waals surface area contributed by atoms with Gasteiger partial charge in [-0.3, -0.25) is 9.59 Å². The average Bonchev–Trinajstić information content (AvgIpc) is 2.94. The molecule has 124 valence electrons. The summed E-state index contributed by atoms with van der Waals surface area (Å²) in [7, 11) is 1.53. The smallest absolute Gasteiger partial charge is 0.323 e. The van der Waals surface area contributed by atoms with Crippen molar-refractivity contribution in [2.45, 2.75) is 19.3 Å². The Morgan fingerprint density at radius 3 is 2.83 bits per heavy atom. The first-order valence-corrected chi connectivity index (χ1v) is 7.65. The molecule has 0 saturated carbocycles. The average molecular weight is 318 g/mol. The molecule has 0 radical (unpaired) electrons. The number of nitrogens with one attached hydrogen (secondary N) is 1. The number of aromatic nitrogens is 1. The lowest BCUT2D eigenvalue weighted by Crippen LogP contribution is -2.37. The number of ether oxygens (including phenoxy) is 1. The lowest BCUT2D eigenvalue weighted by molar-refractivity contribution is -0.144. The highest BCUT2D eigenvalue weighted by Gasteiger charge is 2.16. The van der Waals surface area contributed by atoms with Crippen molar-refractivity contribution in [1.82, 2.24) is 9.88 Å². The van der Waals surface area contributed by atoms with E-state index < -0.39 is 5.97 Å². The molecule has 0 spiro atoms. The van der Waals surface area contributed by atoms with Crippen molar-refractivity contribution in [3.05, 3.63) is 36.0 Å². The van der Waals surface area contributed by atoms with Gasteiger partial charge in [0.15, 0.2) is 0 Å². The standard InChI is InChI=1S/C17H22N2O4/c1-23-10-9-19(12-17(21)22)16(20)8-4-5-13-11-18-15-7-3-2-6-14(13)15/h2-3,6-7,11,18H,4-5,8-10,12H2,1H3,(H,21,22). The maximum Gasteiger partial charge on any atom is 0.323 e. The number of rotatable bonds is 9.